The fourth-order valence-electron chi connectivity index (χ4n) is 3.87. The smallest absolute Gasteiger partial charge is 0.405 e. The van der Waals surface area contributed by atoms with Crippen molar-refractivity contribution in [2.24, 2.45) is 0 Å². The van der Waals surface area contributed by atoms with Crippen LogP contribution in [0.25, 0.3) is 10.8 Å². The summed E-state index contributed by atoms with van der Waals surface area (Å²) in [5, 5.41) is 25.8. The molecule has 0 radical (unpaired) electrons. The molecule has 0 fully saturated rings. The first-order chi connectivity index (χ1) is 15.4. The van der Waals surface area contributed by atoms with Crippen molar-refractivity contribution in [2.45, 2.75) is 12.6 Å². The lowest BCUT2D eigenvalue weighted by molar-refractivity contribution is -0.120. The quantitative estimate of drug-likeness (QED) is 0.503. The summed E-state index contributed by atoms with van der Waals surface area (Å²) in [5.41, 5.74) is 2.35. The first-order valence-corrected chi connectivity index (χ1v) is 10.5. The second-order valence-corrected chi connectivity index (χ2v) is 8.18. The van der Waals surface area contributed by atoms with Gasteiger partial charge in [0.05, 0.1) is 36.7 Å². The van der Waals surface area contributed by atoms with E-state index in [1.807, 2.05) is 30.3 Å². The highest BCUT2D eigenvalue weighted by atomic mass is 79.9. The van der Waals surface area contributed by atoms with Gasteiger partial charge in [0.1, 0.15) is 11.8 Å². The Hall–Kier alpha value is -3.77. The van der Waals surface area contributed by atoms with E-state index in [1.54, 1.807) is 25.3 Å². The zero-order valence-electron chi connectivity index (χ0n) is 17.1. The molecule has 4 rings (SSSR count). The molecule has 1 aliphatic heterocycles. The Bertz CT molecular complexity index is 1270. The van der Waals surface area contributed by atoms with Gasteiger partial charge in [-0.1, -0.05) is 28.1 Å². The number of methoxy groups -OCH3 is 1. The molecule has 2 amide bonds. The van der Waals surface area contributed by atoms with Gasteiger partial charge in [0, 0.05) is 16.6 Å². The molecule has 9 heteroatoms. The number of nitriles is 1. The molecule has 0 spiro atoms. The van der Waals surface area contributed by atoms with Crippen LogP contribution in [0, 0.1) is 11.3 Å². The van der Waals surface area contributed by atoms with Crippen molar-refractivity contribution >= 4 is 50.1 Å². The van der Waals surface area contributed by atoms with Crippen molar-refractivity contribution in [3.8, 4) is 11.8 Å². The molecule has 8 nitrogen and oxygen atoms in total. The standard InChI is InChI=1S/C23H19BrN4O4/c1-32-21-7-3-14-9-15(24)4-5-16(14)17(21)12-28-20-6-2-13(10-25)8-18(20)26-11-19(22(28)29)27-23(30)31/h2-9,19,26-27H,11-12H2,1H3,(H,30,31)/t19-/m0/s1. The summed E-state index contributed by atoms with van der Waals surface area (Å²) in [6.07, 6.45) is -1.29. The topological polar surface area (TPSA) is 115 Å². The van der Waals surface area contributed by atoms with E-state index >= 15 is 0 Å². The molecule has 1 atom stereocenters. The molecule has 0 unspecified atom stereocenters. The number of fused-ring (bicyclic) bond motifs is 2. The Labute approximate surface area is 192 Å². The summed E-state index contributed by atoms with van der Waals surface area (Å²) in [6, 6.07) is 15.7. The van der Waals surface area contributed by atoms with Gasteiger partial charge < -0.3 is 25.4 Å². The summed E-state index contributed by atoms with van der Waals surface area (Å²) in [6.45, 7) is 0.211. The Balaban J connectivity index is 1.86. The van der Waals surface area contributed by atoms with E-state index in [2.05, 4.69) is 32.6 Å². The van der Waals surface area contributed by atoms with E-state index in [0.29, 0.717) is 22.7 Å². The molecule has 1 aliphatic rings. The molecular weight excluding hydrogens is 476 g/mol. The molecule has 162 valence electrons. The van der Waals surface area contributed by atoms with Crippen LogP contribution in [-0.4, -0.2) is 36.8 Å². The van der Waals surface area contributed by atoms with Crippen molar-refractivity contribution in [2.75, 3.05) is 23.9 Å². The number of amides is 2. The SMILES string of the molecule is COc1ccc2cc(Br)ccc2c1CN1C(=O)[C@@H](NC(=O)O)CNc2cc(C#N)ccc21. The van der Waals surface area contributed by atoms with Crippen LogP contribution in [0.3, 0.4) is 0 Å². The Morgan fingerprint density at radius 2 is 2.12 bits per heavy atom. The number of hydrogen-bond donors (Lipinski definition) is 3. The maximum Gasteiger partial charge on any atom is 0.405 e. The predicted octanol–water partition coefficient (Wildman–Crippen LogP) is 4.08. The third-order valence-electron chi connectivity index (χ3n) is 5.36. The van der Waals surface area contributed by atoms with E-state index in [1.165, 1.54) is 4.90 Å². The Morgan fingerprint density at radius 3 is 2.84 bits per heavy atom. The van der Waals surface area contributed by atoms with Crippen molar-refractivity contribution in [3.05, 3.63) is 64.1 Å². The van der Waals surface area contributed by atoms with Crippen LogP contribution >= 0.6 is 15.9 Å². The number of carboxylic acid groups (broad SMARTS) is 1. The van der Waals surface area contributed by atoms with Gasteiger partial charge in [0.25, 0.3) is 5.91 Å². The van der Waals surface area contributed by atoms with E-state index in [-0.39, 0.29) is 13.1 Å². The van der Waals surface area contributed by atoms with Crippen LogP contribution in [0.15, 0.2) is 53.0 Å². The van der Waals surface area contributed by atoms with Crippen LogP contribution in [-0.2, 0) is 11.3 Å². The number of rotatable bonds is 4. The summed E-state index contributed by atoms with van der Waals surface area (Å²) in [4.78, 5) is 26.3. The minimum absolute atomic E-state index is 0.0587. The van der Waals surface area contributed by atoms with Crippen LogP contribution in [0.5, 0.6) is 5.75 Å². The van der Waals surface area contributed by atoms with Crippen molar-refractivity contribution in [1.29, 1.82) is 5.26 Å². The molecule has 0 aromatic heterocycles. The molecule has 0 aliphatic carbocycles. The number of hydrogen-bond acceptors (Lipinski definition) is 5. The molecule has 1 heterocycles. The van der Waals surface area contributed by atoms with E-state index < -0.39 is 18.0 Å². The van der Waals surface area contributed by atoms with E-state index in [0.717, 1.165) is 20.8 Å². The van der Waals surface area contributed by atoms with Gasteiger partial charge in [-0.3, -0.25) is 4.79 Å². The number of halogens is 1. The van der Waals surface area contributed by atoms with Crippen LogP contribution < -0.4 is 20.3 Å². The number of anilines is 2. The Kier molecular flexibility index (Phi) is 5.88. The summed E-state index contributed by atoms with van der Waals surface area (Å²) >= 11 is 3.48. The van der Waals surface area contributed by atoms with Crippen molar-refractivity contribution in [1.82, 2.24) is 5.32 Å². The molecule has 0 saturated heterocycles. The fraction of sp³-hybridized carbons (Fsp3) is 0.174. The van der Waals surface area contributed by atoms with Gasteiger partial charge in [-0.25, -0.2) is 4.79 Å². The average molecular weight is 495 g/mol. The Morgan fingerprint density at radius 1 is 1.31 bits per heavy atom. The molecule has 32 heavy (non-hydrogen) atoms. The normalized spacial score (nSPS) is 15.3. The molecule has 3 N–H and O–H groups in total. The number of nitrogens with one attached hydrogen (secondary N) is 2. The van der Waals surface area contributed by atoms with Gasteiger partial charge in [0.15, 0.2) is 0 Å². The fourth-order valence-corrected chi connectivity index (χ4v) is 4.25. The van der Waals surface area contributed by atoms with Crippen molar-refractivity contribution in [3.63, 3.8) is 0 Å². The number of carbonyl (C=O) groups excluding carboxylic acids is 1. The van der Waals surface area contributed by atoms with Crippen LogP contribution in [0.1, 0.15) is 11.1 Å². The predicted molar refractivity (Wildman–Crippen MR) is 124 cm³/mol. The monoisotopic (exact) mass is 494 g/mol. The molecule has 0 saturated carbocycles. The number of carbonyl (C=O) groups is 2. The lowest BCUT2D eigenvalue weighted by Crippen LogP contribution is -2.50. The number of ether oxygens (including phenoxy) is 1. The third kappa shape index (κ3) is 4.05. The lowest BCUT2D eigenvalue weighted by Gasteiger charge is -2.26. The highest BCUT2D eigenvalue weighted by Gasteiger charge is 2.32. The van der Waals surface area contributed by atoms with Crippen LogP contribution in [0.4, 0.5) is 16.2 Å². The van der Waals surface area contributed by atoms with Crippen molar-refractivity contribution < 1.29 is 19.4 Å². The van der Waals surface area contributed by atoms with Gasteiger partial charge in [-0.05, 0) is 47.2 Å². The van der Waals surface area contributed by atoms with Gasteiger partial charge in [0.2, 0.25) is 0 Å². The lowest BCUT2D eigenvalue weighted by atomic mass is 10.0. The second-order valence-electron chi connectivity index (χ2n) is 7.26. The molecule has 3 aromatic rings. The highest BCUT2D eigenvalue weighted by Crippen LogP contribution is 2.36. The number of nitrogens with zero attached hydrogens (tertiary/aromatic N) is 2. The van der Waals surface area contributed by atoms with E-state index in [9.17, 15) is 20.0 Å². The van der Waals surface area contributed by atoms with E-state index in [4.69, 9.17) is 4.74 Å². The number of benzene rings is 3. The zero-order valence-corrected chi connectivity index (χ0v) is 18.6. The van der Waals surface area contributed by atoms with Gasteiger partial charge in [-0.15, -0.1) is 0 Å². The minimum atomic E-state index is -1.29. The molecular formula is C23H19BrN4O4. The summed E-state index contributed by atoms with van der Waals surface area (Å²) in [7, 11) is 1.57. The third-order valence-corrected chi connectivity index (χ3v) is 5.85. The maximum absolute atomic E-state index is 13.4. The molecule has 0 bridgehead atoms. The zero-order chi connectivity index (χ0) is 22.8. The average Bonchev–Trinajstić information content (AvgIpc) is 2.90. The summed E-state index contributed by atoms with van der Waals surface area (Å²) in [5.74, 6) is 0.210. The molecule has 3 aromatic carbocycles. The van der Waals surface area contributed by atoms with Gasteiger partial charge in [-0.2, -0.15) is 5.26 Å². The first-order valence-electron chi connectivity index (χ1n) is 9.75. The van der Waals surface area contributed by atoms with Gasteiger partial charge >= 0.3 is 6.09 Å². The highest BCUT2D eigenvalue weighted by molar-refractivity contribution is 9.10. The summed E-state index contributed by atoms with van der Waals surface area (Å²) < 4.78 is 6.52. The van der Waals surface area contributed by atoms with Crippen LogP contribution in [0.2, 0.25) is 0 Å². The maximum atomic E-state index is 13.4. The first kappa shape index (κ1) is 21.5. The largest absolute Gasteiger partial charge is 0.496 e. The second kappa shape index (κ2) is 8.77. The minimum Gasteiger partial charge on any atom is -0.496 e.